The first-order valence-corrected chi connectivity index (χ1v) is 21.3. The van der Waals surface area contributed by atoms with Crippen LogP contribution in [0.15, 0.2) is 11.6 Å². The Morgan fingerprint density at radius 1 is 0.922 bits per heavy atom. The van der Waals surface area contributed by atoms with Gasteiger partial charge >= 0.3 is 5.97 Å². The van der Waals surface area contributed by atoms with Crippen molar-refractivity contribution in [3.8, 4) is 0 Å². The van der Waals surface area contributed by atoms with Gasteiger partial charge in [0.25, 0.3) is 0 Å². The lowest BCUT2D eigenvalue weighted by Gasteiger charge is -2.61. The summed E-state index contributed by atoms with van der Waals surface area (Å²) in [4.78, 5) is 51.2. The first-order chi connectivity index (χ1) is 24.4. The molecule has 6 fully saturated rings. The summed E-state index contributed by atoms with van der Waals surface area (Å²) in [5.41, 5.74) is 0.884. The Balaban J connectivity index is 0.859. The van der Waals surface area contributed by atoms with Crippen molar-refractivity contribution in [3.05, 3.63) is 11.6 Å². The van der Waals surface area contributed by atoms with E-state index in [1.807, 2.05) is 6.08 Å². The van der Waals surface area contributed by atoms with Crippen molar-refractivity contribution in [2.75, 3.05) is 33.0 Å². The van der Waals surface area contributed by atoms with Crippen LogP contribution in [0.2, 0.25) is 0 Å². The first kappa shape index (κ1) is 37.6. The van der Waals surface area contributed by atoms with Gasteiger partial charge in [-0.3, -0.25) is 19.2 Å². The summed E-state index contributed by atoms with van der Waals surface area (Å²) in [6.45, 7) is 11.0. The number of esters is 1. The molecule has 1 saturated heterocycles. The number of amides is 1. The Morgan fingerprint density at radius 2 is 1.67 bits per heavy atom. The zero-order valence-electron chi connectivity index (χ0n) is 31.7. The van der Waals surface area contributed by atoms with E-state index >= 15 is 0 Å². The molecule has 7 unspecified atom stereocenters. The molecule has 9 atom stereocenters. The van der Waals surface area contributed by atoms with Gasteiger partial charge in [0.15, 0.2) is 5.78 Å². The van der Waals surface area contributed by atoms with Gasteiger partial charge in [0, 0.05) is 36.5 Å². The van der Waals surface area contributed by atoms with E-state index in [0.717, 1.165) is 62.7 Å². The molecular formula is C42H63NO7S. The molecule has 8 nitrogen and oxygen atoms in total. The predicted molar refractivity (Wildman–Crippen MR) is 198 cm³/mol. The van der Waals surface area contributed by atoms with Crippen LogP contribution in [0.5, 0.6) is 0 Å². The molecule has 1 aliphatic heterocycles. The molecule has 51 heavy (non-hydrogen) atoms. The molecule has 1 N–H and O–H groups in total. The lowest BCUT2D eigenvalue weighted by molar-refractivity contribution is -0.167. The smallest absolute Gasteiger partial charge is 0.306 e. The lowest BCUT2D eigenvalue weighted by atomic mass is 9.46. The molecule has 1 heterocycles. The summed E-state index contributed by atoms with van der Waals surface area (Å²) in [5.74, 6) is 3.85. The fourth-order valence-electron chi connectivity index (χ4n) is 13.2. The van der Waals surface area contributed by atoms with Crippen LogP contribution >= 0.6 is 11.8 Å². The zero-order valence-corrected chi connectivity index (χ0v) is 32.6. The van der Waals surface area contributed by atoms with Crippen LogP contribution in [-0.2, 0) is 33.4 Å². The number of carbonyl (C=O) groups excluding carboxylic acids is 4. The summed E-state index contributed by atoms with van der Waals surface area (Å²) in [5, 5.41) is 3.17. The SMILES string of the molecule is CCC1CC2CC(C1)CC(C)(CC(=O)NCCOCCOCC(=O)S[C@@H]1CC3=CC(=O)CCC3(C)C3CCC4(C)C(CC[C@@]45CCC(=O)O5)C31)C2. The Labute approximate surface area is 310 Å². The van der Waals surface area contributed by atoms with Gasteiger partial charge in [-0.05, 0) is 129 Å². The van der Waals surface area contributed by atoms with Crippen molar-refractivity contribution < 1.29 is 33.4 Å². The third kappa shape index (κ3) is 7.39. The average molecular weight is 726 g/mol. The van der Waals surface area contributed by atoms with Gasteiger partial charge in [-0.15, -0.1) is 0 Å². The minimum absolute atomic E-state index is 0.0131. The highest BCUT2D eigenvalue weighted by Gasteiger charge is 2.68. The molecule has 284 valence electrons. The lowest BCUT2D eigenvalue weighted by Crippen LogP contribution is -2.57. The summed E-state index contributed by atoms with van der Waals surface area (Å²) < 4.78 is 17.7. The number of nitrogens with one attached hydrogen (secondary N) is 1. The third-order valence-corrected chi connectivity index (χ3v) is 16.6. The van der Waals surface area contributed by atoms with Crippen molar-refractivity contribution >= 4 is 34.5 Å². The molecule has 0 aromatic rings. The van der Waals surface area contributed by atoms with E-state index in [1.54, 1.807) is 0 Å². The van der Waals surface area contributed by atoms with Crippen LogP contribution in [0.1, 0.15) is 130 Å². The van der Waals surface area contributed by atoms with Crippen LogP contribution in [0.4, 0.5) is 0 Å². The fourth-order valence-corrected chi connectivity index (χ4v) is 14.5. The van der Waals surface area contributed by atoms with Crippen molar-refractivity contribution in [2.24, 2.45) is 51.8 Å². The zero-order chi connectivity index (χ0) is 36.0. The number of carbonyl (C=O) groups is 4. The number of hydrogen-bond acceptors (Lipinski definition) is 8. The Kier molecular flexibility index (Phi) is 10.9. The Bertz CT molecular complexity index is 1380. The molecule has 5 saturated carbocycles. The maximum atomic E-state index is 13.4. The molecule has 9 heteroatoms. The summed E-state index contributed by atoms with van der Waals surface area (Å²) in [6.07, 6.45) is 17.8. The van der Waals surface area contributed by atoms with Gasteiger partial charge in [-0.25, -0.2) is 0 Å². The average Bonchev–Trinajstić information content (AvgIpc) is 3.60. The fraction of sp³-hybridized carbons (Fsp3) is 0.857. The van der Waals surface area contributed by atoms with Crippen molar-refractivity contribution in [1.82, 2.24) is 5.32 Å². The summed E-state index contributed by atoms with van der Waals surface area (Å²) >= 11 is 1.42. The van der Waals surface area contributed by atoms with Gasteiger partial charge < -0.3 is 19.5 Å². The van der Waals surface area contributed by atoms with Gasteiger partial charge in [0.2, 0.25) is 11.0 Å². The van der Waals surface area contributed by atoms with E-state index in [2.05, 4.69) is 33.0 Å². The summed E-state index contributed by atoms with van der Waals surface area (Å²) in [6, 6.07) is 0. The molecule has 0 aromatic heterocycles. The number of rotatable bonds is 12. The molecule has 6 aliphatic carbocycles. The van der Waals surface area contributed by atoms with E-state index in [1.165, 1.54) is 55.9 Å². The number of allylic oxidation sites excluding steroid dienone is 1. The highest BCUT2D eigenvalue weighted by Crippen LogP contribution is 2.70. The number of thioether (sulfide) groups is 1. The number of fused-ring (bicyclic) bond motifs is 8. The molecule has 0 radical (unpaired) electrons. The van der Waals surface area contributed by atoms with Crippen LogP contribution < -0.4 is 5.32 Å². The van der Waals surface area contributed by atoms with E-state index < -0.39 is 0 Å². The number of ketones is 1. The molecule has 1 spiro atoms. The number of ether oxygens (including phenoxy) is 3. The largest absolute Gasteiger partial charge is 0.458 e. The number of hydrogen-bond donors (Lipinski definition) is 1. The van der Waals surface area contributed by atoms with E-state index in [9.17, 15) is 19.2 Å². The second-order valence-corrected chi connectivity index (χ2v) is 20.0. The molecule has 2 bridgehead atoms. The van der Waals surface area contributed by atoms with Crippen molar-refractivity contribution in [3.63, 3.8) is 0 Å². The normalized spacial score (nSPS) is 42.8. The van der Waals surface area contributed by atoms with E-state index in [0.29, 0.717) is 63.4 Å². The Hall–Kier alpha value is -1.71. The van der Waals surface area contributed by atoms with Gasteiger partial charge in [0.05, 0.1) is 19.8 Å². The molecule has 7 aliphatic rings. The molecule has 0 aromatic carbocycles. The maximum Gasteiger partial charge on any atom is 0.306 e. The second kappa shape index (κ2) is 14.8. The topological polar surface area (TPSA) is 108 Å². The predicted octanol–water partition coefficient (Wildman–Crippen LogP) is 7.61. The van der Waals surface area contributed by atoms with Crippen molar-refractivity contribution in [2.45, 2.75) is 141 Å². The minimum atomic E-state index is -0.365. The second-order valence-electron chi connectivity index (χ2n) is 18.7. The van der Waals surface area contributed by atoms with Crippen molar-refractivity contribution in [1.29, 1.82) is 0 Å². The van der Waals surface area contributed by atoms with Crippen LogP contribution in [0.3, 0.4) is 0 Å². The molecule has 1 amide bonds. The van der Waals surface area contributed by atoms with E-state index in [-0.39, 0.29) is 56.5 Å². The van der Waals surface area contributed by atoms with Gasteiger partial charge in [-0.1, -0.05) is 51.5 Å². The summed E-state index contributed by atoms with van der Waals surface area (Å²) in [7, 11) is 0. The van der Waals surface area contributed by atoms with Crippen LogP contribution in [-0.4, -0.2) is 66.6 Å². The van der Waals surface area contributed by atoms with Crippen LogP contribution in [0, 0.1) is 51.8 Å². The first-order valence-electron chi connectivity index (χ1n) is 20.4. The highest BCUT2D eigenvalue weighted by molar-refractivity contribution is 8.14. The third-order valence-electron chi connectivity index (χ3n) is 15.5. The Morgan fingerprint density at radius 3 is 2.39 bits per heavy atom. The van der Waals surface area contributed by atoms with Gasteiger partial charge in [-0.2, -0.15) is 0 Å². The van der Waals surface area contributed by atoms with Crippen LogP contribution in [0.25, 0.3) is 0 Å². The quantitative estimate of drug-likeness (QED) is 0.162. The molecule has 7 rings (SSSR count). The minimum Gasteiger partial charge on any atom is -0.458 e. The van der Waals surface area contributed by atoms with E-state index in [4.69, 9.17) is 14.2 Å². The van der Waals surface area contributed by atoms with Gasteiger partial charge in [0.1, 0.15) is 12.2 Å². The monoisotopic (exact) mass is 725 g/mol. The standard InChI is InChI=1S/C42H63NO7S/c1-5-27-18-28-20-29(19-27)24-39(2,23-28)25-35(45)43-14-15-48-16-17-49-26-37(47)51-34-22-30-21-31(44)6-10-40(30,3)32-7-11-41(4)33(38(32)34)8-12-42(41)13-9-36(46)50-42/h21,27-29,32-34,38H,5-20,22-26H2,1-4H3,(H,43,45)/t27?,28?,29?,32?,33?,34-,38?,39?,40?,41?,42-/m1/s1. The maximum absolute atomic E-state index is 13.4. The molecular weight excluding hydrogens is 663 g/mol. The highest BCUT2D eigenvalue weighted by atomic mass is 32.2.